The number of hydrogen-bond acceptors (Lipinski definition) is 7. The van der Waals surface area contributed by atoms with E-state index in [1.165, 1.54) is 24.1 Å². The lowest BCUT2D eigenvalue weighted by atomic mass is 10.0. The van der Waals surface area contributed by atoms with Crippen molar-refractivity contribution in [3.8, 4) is 5.75 Å². The van der Waals surface area contributed by atoms with Crippen LogP contribution < -0.4 is 10.6 Å². The number of hydrogen-bond donors (Lipinski definition) is 3. The van der Waals surface area contributed by atoms with Crippen molar-refractivity contribution < 1.29 is 33.8 Å². The molecule has 0 fully saturated rings. The zero-order chi connectivity index (χ0) is 22.9. The minimum absolute atomic E-state index is 0.0967. The van der Waals surface area contributed by atoms with E-state index >= 15 is 0 Å². The molecule has 0 spiro atoms. The third-order valence-corrected chi connectivity index (χ3v) is 3.87. The zero-order valence-electron chi connectivity index (χ0n) is 17.9. The Morgan fingerprint density at radius 3 is 2.27 bits per heavy atom. The van der Waals surface area contributed by atoms with Crippen LogP contribution in [0, 0.1) is 0 Å². The molecule has 30 heavy (non-hydrogen) atoms. The van der Waals surface area contributed by atoms with Crippen LogP contribution in [0.3, 0.4) is 0 Å². The number of nitrogens with zero attached hydrogens (tertiary/aromatic N) is 1. The highest BCUT2D eigenvalue weighted by molar-refractivity contribution is 5.92. The number of aromatic hydroxyl groups is 1. The number of likely N-dealkylation sites (N-methyl/N-ethyl adjacent to an activating group) is 1. The molecule has 166 valence electrons. The van der Waals surface area contributed by atoms with Gasteiger partial charge < -0.3 is 30.1 Å². The third-order valence-electron chi connectivity index (χ3n) is 3.87. The van der Waals surface area contributed by atoms with Gasteiger partial charge in [-0.3, -0.25) is 14.4 Å². The number of benzene rings is 1. The molecule has 10 heteroatoms. The fourth-order valence-corrected chi connectivity index (χ4v) is 2.56. The molecule has 0 bridgehead atoms. The molecule has 3 amide bonds. The van der Waals surface area contributed by atoms with E-state index in [9.17, 15) is 24.3 Å². The lowest BCUT2D eigenvalue weighted by Crippen LogP contribution is -2.48. The summed E-state index contributed by atoms with van der Waals surface area (Å²) in [5, 5.41) is 15.0. The predicted molar refractivity (Wildman–Crippen MR) is 107 cm³/mol. The minimum Gasteiger partial charge on any atom is -0.508 e. The van der Waals surface area contributed by atoms with Gasteiger partial charge in [-0.05, 0) is 33.8 Å². The van der Waals surface area contributed by atoms with Crippen molar-refractivity contribution in [1.82, 2.24) is 15.5 Å². The number of phenolic OH excluding ortho intramolecular Hbond substituents is 1. The summed E-state index contributed by atoms with van der Waals surface area (Å²) < 4.78 is 9.60. The molecule has 3 N–H and O–H groups in total. The number of para-hydroxylation sites is 1. The van der Waals surface area contributed by atoms with Gasteiger partial charge in [0.2, 0.25) is 11.8 Å². The number of alkyl carbamates (subject to hydrolysis) is 1. The maximum Gasteiger partial charge on any atom is 0.408 e. The molecule has 1 aromatic carbocycles. The van der Waals surface area contributed by atoms with E-state index in [-0.39, 0.29) is 17.9 Å². The van der Waals surface area contributed by atoms with Crippen molar-refractivity contribution in [3.05, 3.63) is 29.8 Å². The second kappa shape index (κ2) is 11.0. The molecule has 0 aliphatic carbocycles. The third kappa shape index (κ3) is 7.61. The fraction of sp³-hybridized carbons (Fsp3) is 0.500. The molecule has 1 aromatic rings. The highest BCUT2D eigenvalue weighted by atomic mass is 16.6. The first kappa shape index (κ1) is 24.7. The first-order chi connectivity index (χ1) is 14.0. The van der Waals surface area contributed by atoms with Crippen LogP contribution in [0.15, 0.2) is 24.3 Å². The first-order valence-corrected chi connectivity index (χ1v) is 9.38. The van der Waals surface area contributed by atoms with Crippen LogP contribution in [0.2, 0.25) is 0 Å². The Hall–Kier alpha value is -3.30. The van der Waals surface area contributed by atoms with Gasteiger partial charge in [-0.15, -0.1) is 0 Å². The van der Waals surface area contributed by atoms with E-state index in [1.54, 1.807) is 39.8 Å². The summed E-state index contributed by atoms with van der Waals surface area (Å²) in [5.41, 5.74) is -0.559. The molecule has 1 unspecified atom stereocenters. The molecule has 1 atom stereocenters. The summed E-state index contributed by atoms with van der Waals surface area (Å²) >= 11 is 0. The van der Waals surface area contributed by atoms with Gasteiger partial charge >= 0.3 is 12.1 Å². The number of methoxy groups -OCH3 is 1. The maximum absolute atomic E-state index is 12.8. The van der Waals surface area contributed by atoms with Crippen LogP contribution in [0.4, 0.5) is 4.79 Å². The molecule has 0 saturated carbocycles. The number of nitrogens with one attached hydrogen (secondary N) is 2. The summed E-state index contributed by atoms with van der Waals surface area (Å²) in [6.45, 7) is 5.98. The van der Waals surface area contributed by atoms with Crippen LogP contribution >= 0.6 is 0 Å². The summed E-state index contributed by atoms with van der Waals surface area (Å²) in [6.07, 6.45) is -0.777. The normalized spacial score (nSPS) is 11.8. The minimum atomic E-state index is -1.23. The first-order valence-electron chi connectivity index (χ1n) is 9.38. The van der Waals surface area contributed by atoms with Gasteiger partial charge in [0, 0.05) is 12.1 Å². The van der Waals surface area contributed by atoms with Gasteiger partial charge in [-0.2, -0.15) is 0 Å². The van der Waals surface area contributed by atoms with Crippen molar-refractivity contribution >= 4 is 23.9 Å². The van der Waals surface area contributed by atoms with Crippen molar-refractivity contribution in [2.75, 3.05) is 26.7 Å². The van der Waals surface area contributed by atoms with E-state index in [0.29, 0.717) is 0 Å². The summed E-state index contributed by atoms with van der Waals surface area (Å²) in [6, 6.07) is 4.83. The number of carbonyl (C=O) groups is 4. The number of esters is 1. The smallest absolute Gasteiger partial charge is 0.408 e. The van der Waals surface area contributed by atoms with E-state index < -0.39 is 48.6 Å². The monoisotopic (exact) mass is 423 g/mol. The van der Waals surface area contributed by atoms with Crippen molar-refractivity contribution in [3.63, 3.8) is 0 Å². The summed E-state index contributed by atoms with van der Waals surface area (Å²) in [5.74, 6) is -2.12. The number of ether oxygens (including phenoxy) is 2. The Morgan fingerprint density at radius 2 is 1.73 bits per heavy atom. The zero-order valence-corrected chi connectivity index (χ0v) is 17.9. The number of rotatable bonds is 8. The Kier molecular flexibility index (Phi) is 9.10. The Morgan fingerprint density at radius 1 is 1.10 bits per heavy atom. The quantitative estimate of drug-likeness (QED) is 0.533. The van der Waals surface area contributed by atoms with Gasteiger partial charge in [0.05, 0.1) is 7.11 Å². The number of amides is 3. The van der Waals surface area contributed by atoms with E-state index in [2.05, 4.69) is 15.4 Å². The highest BCUT2D eigenvalue weighted by Gasteiger charge is 2.32. The lowest BCUT2D eigenvalue weighted by Gasteiger charge is -2.31. The predicted octanol–water partition coefficient (Wildman–Crippen LogP) is 1.10. The molecular formula is C20H29N3O7. The van der Waals surface area contributed by atoms with Crippen LogP contribution in [0.25, 0.3) is 0 Å². The van der Waals surface area contributed by atoms with Gasteiger partial charge in [0.15, 0.2) is 0 Å². The molecule has 0 saturated heterocycles. The topological polar surface area (TPSA) is 134 Å². The maximum atomic E-state index is 12.8. The Balaban J connectivity index is 3.06. The SMILES string of the molecule is CCN(C(=O)CNC(=O)OC(C)(C)C)C(C(=O)NCC(=O)OC)c1ccccc1O. The van der Waals surface area contributed by atoms with Crippen molar-refractivity contribution in [1.29, 1.82) is 0 Å². The highest BCUT2D eigenvalue weighted by Crippen LogP contribution is 2.28. The fourth-order valence-electron chi connectivity index (χ4n) is 2.56. The number of carbonyl (C=O) groups excluding carboxylic acids is 4. The number of phenols is 1. The largest absolute Gasteiger partial charge is 0.508 e. The van der Waals surface area contributed by atoms with Crippen LogP contribution in [0.5, 0.6) is 5.75 Å². The molecule has 0 heterocycles. The molecule has 0 aliphatic rings. The van der Waals surface area contributed by atoms with Crippen molar-refractivity contribution in [2.45, 2.75) is 39.3 Å². The standard InChI is InChI=1S/C20H29N3O7/c1-6-23(15(25)11-22-19(28)30-20(2,3)4)17(13-9-7-8-10-14(13)24)18(27)21-12-16(26)29-5/h7-10,17,24H,6,11-12H2,1-5H3,(H,21,27)(H,22,28). The molecule has 1 rings (SSSR count). The second-order valence-corrected chi connectivity index (χ2v) is 7.29. The summed E-state index contributed by atoms with van der Waals surface area (Å²) in [7, 11) is 1.18. The average Bonchev–Trinajstić information content (AvgIpc) is 2.67. The van der Waals surface area contributed by atoms with E-state index in [4.69, 9.17) is 4.74 Å². The molecule has 0 radical (unpaired) electrons. The average molecular weight is 423 g/mol. The van der Waals surface area contributed by atoms with Gasteiger partial charge in [0.25, 0.3) is 0 Å². The van der Waals surface area contributed by atoms with Crippen LogP contribution in [-0.2, 0) is 23.9 Å². The molecule has 0 aliphatic heterocycles. The molecular weight excluding hydrogens is 394 g/mol. The molecule has 0 aromatic heterocycles. The Bertz CT molecular complexity index is 774. The van der Waals surface area contributed by atoms with E-state index in [1.807, 2.05) is 0 Å². The van der Waals surface area contributed by atoms with Crippen LogP contribution in [-0.4, -0.2) is 66.2 Å². The van der Waals surface area contributed by atoms with Crippen LogP contribution in [0.1, 0.15) is 39.3 Å². The molecule has 10 nitrogen and oxygen atoms in total. The second-order valence-electron chi connectivity index (χ2n) is 7.29. The Labute approximate surface area is 175 Å². The van der Waals surface area contributed by atoms with Gasteiger partial charge in [0.1, 0.15) is 30.5 Å². The van der Waals surface area contributed by atoms with Crippen molar-refractivity contribution in [2.24, 2.45) is 0 Å². The van der Waals surface area contributed by atoms with Gasteiger partial charge in [-0.1, -0.05) is 18.2 Å². The lowest BCUT2D eigenvalue weighted by molar-refractivity contribution is -0.143. The summed E-state index contributed by atoms with van der Waals surface area (Å²) in [4.78, 5) is 50.0. The van der Waals surface area contributed by atoms with Gasteiger partial charge in [-0.25, -0.2) is 4.79 Å². The van der Waals surface area contributed by atoms with E-state index in [0.717, 1.165) is 0 Å².